The van der Waals surface area contributed by atoms with Gasteiger partial charge in [0, 0.05) is 0 Å². The topological polar surface area (TPSA) is 0 Å². The Morgan fingerprint density at radius 2 is 1.42 bits per heavy atom. The quantitative estimate of drug-likeness (QED) is 0.726. The minimum absolute atomic E-state index is 0.726. The smallest absolute Gasteiger partial charge is 0.0675 e. The Bertz CT molecular complexity index is 796. The van der Waals surface area contributed by atoms with Crippen molar-refractivity contribution in [1.29, 1.82) is 0 Å². The summed E-state index contributed by atoms with van der Waals surface area (Å²) in [6, 6.07) is 2.03. The van der Waals surface area contributed by atoms with Gasteiger partial charge in [0.05, 0.1) is 31.4 Å². The van der Waals surface area contributed by atoms with Crippen molar-refractivity contribution in [1.82, 2.24) is 0 Å². The average molecular weight is 336 g/mol. The van der Waals surface area contributed by atoms with Crippen molar-refractivity contribution < 1.29 is 0 Å². The van der Waals surface area contributed by atoms with E-state index in [0.29, 0.717) is 0 Å². The van der Waals surface area contributed by atoms with Gasteiger partial charge in [0.15, 0.2) is 0 Å². The molecule has 0 spiro atoms. The molecule has 8 radical (unpaired) electrons. The van der Waals surface area contributed by atoms with Crippen LogP contribution in [0, 0.1) is 0 Å². The lowest BCUT2D eigenvalue weighted by Gasteiger charge is -2.39. The van der Waals surface area contributed by atoms with Crippen LogP contribution in [0.3, 0.4) is 0 Å². The maximum atomic E-state index is 6.40. The lowest BCUT2D eigenvalue weighted by molar-refractivity contribution is 0.844. The third-order valence-corrected chi connectivity index (χ3v) is 4.35. The van der Waals surface area contributed by atoms with Gasteiger partial charge in [-0.05, 0) is 47.0 Å². The zero-order valence-corrected chi connectivity index (χ0v) is 17.2. The van der Waals surface area contributed by atoms with Crippen molar-refractivity contribution in [3.63, 3.8) is 0 Å². The van der Waals surface area contributed by atoms with Gasteiger partial charge in [0.1, 0.15) is 0 Å². The summed E-state index contributed by atoms with van der Waals surface area (Å²) in [6.07, 6.45) is 9.20. The molecule has 1 aromatic rings. The van der Waals surface area contributed by atoms with Gasteiger partial charge in [-0.1, -0.05) is 87.2 Å². The van der Waals surface area contributed by atoms with E-state index in [4.69, 9.17) is 31.4 Å². The zero-order valence-electron chi connectivity index (χ0n) is 17.2. The Balaban J connectivity index is 0.00000146. The number of hydrogen-bond acceptors (Lipinski definition) is 0. The Labute approximate surface area is 165 Å². The average Bonchev–Trinajstić information content (AvgIpc) is 2.81. The number of benzene rings is 1. The Morgan fingerprint density at radius 3 is 1.81 bits per heavy atom. The fraction of sp³-hybridized carbons (Fsp3) is 0.364. The van der Waals surface area contributed by atoms with Gasteiger partial charge in [0.2, 0.25) is 0 Å². The predicted molar refractivity (Wildman–Crippen MR) is 124 cm³/mol. The van der Waals surface area contributed by atoms with Gasteiger partial charge in [-0.15, -0.1) is 0 Å². The van der Waals surface area contributed by atoms with Crippen LogP contribution in [-0.4, -0.2) is 31.4 Å². The van der Waals surface area contributed by atoms with Crippen LogP contribution < -0.4 is 10.4 Å². The van der Waals surface area contributed by atoms with Crippen LogP contribution in [0.25, 0.3) is 23.8 Å². The van der Waals surface area contributed by atoms with E-state index < -0.39 is 10.4 Å². The first kappa shape index (κ1) is 24.4. The van der Waals surface area contributed by atoms with Crippen LogP contribution in [0.15, 0.2) is 31.4 Å². The summed E-state index contributed by atoms with van der Waals surface area (Å²) < 4.78 is 0. The second kappa shape index (κ2) is 9.95. The summed E-state index contributed by atoms with van der Waals surface area (Å²) in [5.74, 6) is 0. The van der Waals surface area contributed by atoms with Gasteiger partial charge >= 0.3 is 0 Å². The molecule has 0 saturated carbocycles. The maximum absolute atomic E-state index is 6.40. The van der Waals surface area contributed by atoms with Gasteiger partial charge in [-0.3, -0.25) is 0 Å². The molecule has 0 atom stereocenters. The standard InChI is InChI=1S/C18H16B4.2C2H6/c1-5-9-13-11(6-2)10-12(7-3)15-14(8-4)17(19,20)18(21,22)16(13)15;2*1-2/h5-10H,1,3H2,2,4H3;2*1-2H3/b11-6-,13-9+,14-8+;;. The Hall–Kier alpha value is -1.56. The number of fused-ring (bicyclic) bond motifs is 1. The molecule has 1 aromatic carbocycles. The second-order valence-electron chi connectivity index (χ2n) is 5.55. The van der Waals surface area contributed by atoms with E-state index in [0.717, 1.165) is 32.7 Å². The van der Waals surface area contributed by atoms with Crippen molar-refractivity contribution >= 4 is 55.2 Å². The van der Waals surface area contributed by atoms with Gasteiger partial charge in [-0.25, -0.2) is 0 Å². The van der Waals surface area contributed by atoms with Gasteiger partial charge in [0.25, 0.3) is 0 Å². The minimum atomic E-state index is -1.39. The van der Waals surface area contributed by atoms with E-state index in [-0.39, 0.29) is 0 Å². The fourth-order valence-corrected chi connectivity index (χ4v) is 3.18. The molecule has 0 fully saturated rings. The monoisotopic (exact) mass is 336 g/mol. The first-order valence-electron chi connectivity index (χ1n) is 9.19. The number of allylic oxidation sites excluding steroid dienone is 3. The second-order valence-corrected chi connectivity index (χ2v) is 5.55. The largest absolute Gasteiger partial charge is 0.0990 e. The molecule has 2 rings (SSSR count). The van der Waals surface area contributed by atoms with Gasteiger partial charge < -0.3 is 0 Å². The molecule has 1 aliphatic carbocycles. The van der Waals surface area contributed by atoms with E-state index in [1.54, 1.807) is 12.2 Å². The maximum Gasteiger partial charge on any atom is 0.0675 e. The molecule has 1 aliphatic rings. The molecule has 0 bridgehead atoms. The lowest BCUT2D eigenvalue weighted by Crippen LogP contribution is -2.44. The van der Waals surface area contributed by atoms with Crippen LogP contribution in [0.1, 0.15) is 58.2 Å². The van der Waals surface area contributed by atoms with Crippen LogP contribution in [0.4, 0.5) is 0 Å². The summed E-state index contributed by atoms with van der Waals surface area (Å²) in [5.41, 5.74) is 3.24. The molecule has 0 heterocycles. The highest BCUT2D eigenvalue weighted by Gasteiger charge is 2.47. The molecule has 0 aliphatic heterocycles. The third kappa shape index (κ3) is 3.75. The number of hydrogen-bond donors (Lipinski definition) is 0. The summed E-state index contributed by atoms with van der Waals surface area (Å²) in [4.78, 5) is 0. The summed E-state index contributed by atoms with van der Waals surface area (Å²) in [6.45, 7) is 19.5. The first-order valence-corrected chi connectivity index (χ1v) is 9.19. The fourth-order valence-electron chi connectivity index (χ4n) is 3.18. The molecule has 0 saturated heterocycles. The molecule has 0 unspecified atom stereocenters. The van der Waals surface area contributed by atoms with Crippen LogP contribution >= 0.6 is 0 Å². The van der Waals surface area contributed by atoms with Crippen molar-refractivity contribution in [2.24, 2.45) is 0 Å². The van der Waals surface area contributed by atoms with Crippen LogP contribution in [0.2, 0.25) is 5.21 Å². The molecule has 4 heteroatoms. The lowest BCUT2D eigenvalue weighted by atomic mass is 9.29. The van der Waals surface area contributed by atoms with Gasteiger partial charge in [-0.2, -0.15) is 0 Å². The molecule has 128 valence electrons. The third-order valence-electron chi connectivity index (χ3n) is 4.35. The summed E-state index contributed by atoms with van der Waals surface area (Å²) in [5, 5.41) is -0.879. The highest BCUT2D eigenvalue weighted by molar-refractivity contribution is 6.60. The zero-order chi connectivity index (χ0) is 20.7. The molecule has 0 amide bonds. The highest BCUT2D eigenvalue weighted by atomic mass is 14.4. The molecular formula is C22H28B4. The SMILES string of the molecule is CC.CC.[B]C1([B])/C(=C/C)c2c(C=C)cc(=C/C)/c(=C\C=C)c2C1([B])[B]. The first-order chi connectivity index (χ1) is 12.3. The highest BCUT2D eigenvalue weighted by Crippen LogP contribution is 2.56. The van der Waals surface area contributed by atoms with Crippen LogP contribution in [0.5, 0.6) is 0 Å². The molecule has 0 nitrogen and oxygen atoms in total. The Kier molecular flexibility index (Phi) is 9.35. The normalized spacial score (nSPS) is 18.9. The van der Waals surface area contributed by atoms with Crippen LogP contribution in [-0.2, 0) is 5.21 Å². The minimum Gasteiger partial charge on any atom is -0.0990 e. The van der Waals surface area contributed by atoms with Crippen molar-refractivity contribution in [3.05, 3.63) is 58.5 Å². The van der Waals surface area contributed by atoms with E-state index >= 15 is 0 Å². The molecule has 26 heavy (non-hydrogen) atoms. The van der Waals surface area contributed by atoms with E-state index in [1.165, 1.54) is 0 Å². The van der Waals surface area contributed by atoms with E-state index in [2.05, 4.69) is 13.2 Å². The summed E-state index contributed by atoms with van der Waals surface area (Å²) >= 11 is 0. The van der Waals surface area contributed by atoms with Crippen molar-refractivity contribution in [2.45, 2.75) is 52.0 Å². The number of rotatable bonds is 2. The molecule has 0 aromatic heterocycles. The summed E-state index contributed by atoms with van der Waals surface area (Å²) in [7, 11) is 25.4. The van der Waals surface area contributed by atoms with Crippen molar-refractivity contribution in [3.8, 4) is 0 Å². The Morgan fingerprint density at radius 1 is 0.885 bits per heavy atom. The van der Waals surface area contributed by atoms with Crippen molar-refractivity contribution in [2.75, 3.05) is 0 Å². The predicted octanol–water partition coefficient (Wildman–Crippen LogP) is 3.51. The molecular weight excluding hydrogens is 307 g/mol. The van der Waals surface area contributed by atoms with E-state index in [1.807, 2.05) is 65.8 Å². The molecule has 0 N–H and O–H groups in total. The van der Waals surface area contributed by atoms with E-state index in [9.17, 15) is 0 Å².